The first-order chi connectivity index (χ1) is 12.2. The molecule has 0 aliphatic carbocycles. The maximum atomic E-state index is 6.11. The molecule has 0 radical (unpaired) electrons. The second kappa shape index (κ2) is 7.02. The lowest BCUT2D eigenvalue weighted by molar-refractivity contribution is 0.331. The van der Waals surface area contributed by atoms with Gasteiger partial charge in [-0.3, -0.25) is 0 Å². The van der Waals surface area contributed by atoms with Gasteiger partial charge in [-0.05, 0) is 66.9 Å². The van der Waals surface area contributed by atoms with E-state index in [1.54, 1.807) is 11.3 Å². The Labute approximate surface area is 152 Å². The van der Waals surface area contributed by atoms with Crippen LogP contribution < -0.4 is 11.1 Å². The summed E-state index contributed by atoms with van der Waals surface area (Å²) in [5, 5.41) is 6.78. The minimum absolute atomic E-state index is 0.571. The monoisotopic (exact) mass is 352 g/mol. The number of thiophene rings is 1. The Hall–Kier alpha value is -2.11. The van der Waals surface area contributed by atoms with Crippen LogP contribution in [0.3, 0.4) is 0 Å². The molecule has 1 aromatic carbocycles. The van der Waals surface area contributed by atoms with Gasteiger partial charge in [-0.15, -0.1) is 11.3 Å². The van der Waals surface area contributed by atoms with E-state index in [9.17, 15) is 0 Å². The van der Waals surface area contributed by atoms with Crippen molar-refractivity contribution < 1.29 is 0 Å². The number of H-pyrrole nitrogens is 1. The van der Waals surface area contributed by atoms with Crippen LogP contribution in [0.15, 0.2) is 46.9 Å². The molecule has 4 rings (SSSR count). The van der Waals surface area contributed by atoms with E-state index in [-0.39, 0.29) is 0 Å². The highest BCUT2D eigenvalue weighted by Gasteiger charge is 2.23. The van der Waals surface area contributed by atoms with Gasteiger partial charge in [0.05, 0.1) is 10.6 Å². The number of nitrogens with zero attached hydrogens (tertiary/aromatic N) is 1. The standard InChI is InChI=1S/C20H24N4S/c1-13(14-6-8-22-9-7-14)17-12-23-18-11-15(4-5-16(17)18)24-20(21)19-3-2-10-25-19/h2-5,10-14,22-23H,6-9H2,1H3,(H2,21,24). The quantitative estimate of drug-likeness (QED) is 0.482. The molecule has 1 atom stereocenters. The van der Waals surface area contributed by atoms with Crippen molar-refractivity contribution in [3.05, 3.63) is 52.3 Å². The summed E-state index contributed by atoms with van der Waals surface area (Å²) in [6.45, 7) is 4.63. The van der Waals surface area contributed by atoms with Crippen molar-refractivity contribution in [2.75, 3.05) is 13.1 Å². The van der Waals surface area contributed by atoms with E-state index in [1.165, 1.54) is 23.8 Å². The van der Waals surface area contributed by atoms with Crippen LogP contribution in [0.25, 0.3) is 10.9 Å². The average molecular weight is 353 g/mol. The minimum atomic E-state index is 0.571. The first-order valence-corrected chi connectivity index (χ1v) is 9.80. The maximum absolute atomic E-state index is 6.11. The molecule has 3 aromatic rings. The number of nitrogens with two attached hydrogens (primary N) is 1. The molecule has 0 saturated carbocycles. The molecule has 1 saturated heterocycles. The molecule has 2 aromatic heterocycles. The van der Waals surface area contributed by atoms with Crippen molar-refractivity contribution in [2.45, 2.75) is 25.7 Å². The summed E-state index contributed by atoms with van der Waals surface area (Å²) in [5.41, 5.74) is 9.56. The third-order valence-corrected chi connectivity index (χ3v) is 6.19. The number of piperidine rings is 1. The smallest absolute Gasteiger partial charge is 0.141 e. The zero-order valence-electron chi connectivity index (χ0n) is 14.5. The fourth-order valence-electron chi connectivity index (χ4n) is 3.80. The van der Waals surface area contributed by atoms with E-state index in [0.29, 0.717) is 11.8 Å². The molecular formula is C20H24N4S. The summed E-state index contributed by atoms with van der Waals surface area (Å²) >= 11 is 1.61. The molecule has 5 heteroatoms. The van der Waals surface area contributed by atoms with E-state index in [1.807, 2.05) is 17.5 Å². The number of amidine groups is 1. The molecule has 130 valence electrons. The van der Waals surface area contributed by atoms with Crippen molar-refractivity contribution in [1.82, 2.24) is 10.3 Å². The van der Waals surface area contributed by atoms with Crippen LogP contribution in [-0.4, -0.2) is 23.9 Å². The Morgan fingerprint density at radius 2 is 2.12 bits per heavy atom. The molecule has 1 fully saturated rings. The van der Waals surface area contributed by atoms with Gasteiger partial charge >= 0.3 is 0 Å². The molecule has 25 heavy (non-hydrogen) atoms. The first kappa shape index (κ1) is 16.4. The van der Waals surface area contributed by atoms with E-state index >= 15 is 0 Å². The summed E-state index contributed by atoms with van der Waals surface area (Å²) in [6.07, 6.45) is 4.69. The number of rotatable bonds is 4. The lowest BCUT2D eigenvalue weighted by atomic mass is 9.81. The van der Waals surface area contributed by atoms with E-state index in [4.69, 9.17) is 5.73 Å². The van der Waals surface area contributed by atoms with Gasteiger partial charge in [0.1, 0.15) is 5.84 Å². The fraction of sp³-hybridized carbons (Fsp3) is 0.350. The van der Waals surface area contributed by atoms with Crippen LogP contribution in [0.1, 0.15) is 36.1 Å². The van der Waals surface area contributed by atoms with Gasteiger partial charge in [0.2, 0.25) is 0 Å². The zero-order chi connectivity index (χ0) is 17.2. The van der Waals surface area contributed by atoms with E-state index in [2.05, 4.69) is 46.6 Å². The van der Waals surface area contributed by atoms with Gasteiger partial charge in [0.15, 0.2) is 0 Å². The number of aromatic amines is 1. The molecule has 0 spiro atoms. The largest absolute Gasteiger partial charge is 0.383 e. The fourth-order valence-corrected chi connectivity index (χ4v) is 4.43. The highest BCUT2D eigenvalue weighted by molar-refractivity contribution is 7.12. The topological polar surface area (TPSA) is 66.2 Å². The number of aromatic nitrogens is 1. The Bertz CT molecular complexity index is 872. The highest BCUT2D eigenvalue weighted by atomic mass is 32.1. The van der Waals surface area contributed by atoms with Crippen LogP contribution in [0.5, 0.6) is 0 Å². The van der Waals surface area contributed by atoms with Gasteiger partial charge in [0.25, 0.3) is 0 Å². The first-order valence-electron chi connectivity index (χ1n) is 8.92. The molecule has 3 heterocycles. The molecule has 4 N–H and O–H groups in total. The van der Waals surface area contributed by atoms with Crippen LogP contribution in [0.2, 0.25) is 0 Å². The van der Waals surface area contributed by atoms with Gasteiger partial charge in [-0.25, -0.2) is 4.99 Å². The Morgan fingerprint density at radius 3 is 2.88 bits per heavy atom. The molecule has 4 nitrogen and oxygen atoms in total. The van der Waals surface area contributed by atoms with Crippen molar-refractivity contribution in [3.63, 3.8) is 0 Å². The van der Waals surface area contributed by atoms with Crippen LogP contribution in [0.4, 0.5) is 5.69 Å². The van der Waals surface area contributed by atoms with Gasteiger partial charge < -0.3 is 16.0 Å². The molecule has 1 unspecified atom stereocenters. The van der Waals surface area contributed by atoms with Crippen molar-refractivity contribution in [2.24, 2.45) is 16.6 Å². The van der Waals surface area contributed by atoms with E-state index in [0.717, 1.165) is 35.1 Å². The van der Waals surface area contributed by atoms with Crippen molar-refractivity contribution >= 4 is 33.8 Å². The number of nitrogens with one attached hydrogen (secondary N) is 2. The molecule has 1 aliphatic rings. The summed E-state index contributed by atoms with van der Waals surface area (Å²) in [7, 11) is 0. The Kier molecular flexibility index (Phi) is 4.59. The summed E-state index contributed by atoms with van der Waals surface area (Å²) in [5.74, 6) is 1.90. The van der Waals surface area contributed by atoms with Crippen LogP contribution >= 0.6 is 11.3 Å². The lowest BCUT2D eigenvalue weighted by Gasteiger charge is -2.28. The zero-order valence-corrected chi connectivity index (χ0v) is 15.3. The molecule has 1 aliphatic heterocycles. The number of benzene rings is 1. The third kappa shape index (κ3) is 3.34. The Morgan fingerprint density at radius 1 is 1.28 bits per heavy atom. The second-order valence-electron chi connectivity index (χ2n) is 6.82. The number of hydrogen-bond acceptors (Lipinski definition) is 3. The van der Waals surface area contributed by atoms with E-state index < -0.39 is 0 Å². The summed E-state index contributed by atoms with van der Waals surface area (Å²) in [6, 6.07) is 10.3. The van der Waals surface area contributed by atoms with Crippen LogP contribution in [0, 0.1) is 5.92 Å². The molecule has 0 amide bonds. The third-order valence-electron chi connectivity index (χ3n) is 5.30. The number of fused-ring (bicyclic) bond motifs is 1. The summed E-state index contributed by atoms with van der Waals surface area (Å²) < 4.78 is 0. The van der Waals surface area contributed by atoms with Crippen molar-refractivity contribution in [1.29, 1.82) is 0 Å². The predicted molar refractivity (Wildman–Crippen MR) is 107 cm³/mol. The van der Waals surface area contributed by atoms with Gasteiger partial charge in [0, 0.05) is 17.1 Å². The average Bonchev–Trinajstić information content (AvgIpc) is 3.31. The van der Waals surface area contributed by atoms with Crippen LogP contribution in [-0.2, 0) is 0 Å². The number of hydrogen-bond donors (Lipinski definition) is 3. The number of aliphatic imine (C=N–C) groups is 1. The van der Waals surface area contributed by atoms with Gasteiger partial charge in [-0.1, -0.05) is 19.1 Å². The SMILES string of the molecule is CC(c1c[nH]c2cc(N=C(N)c3cccs3)ccc12)C1CCNCC1. The molecular weight excluding hydrogens is 328 g/mol. The normalized spacial score (nSPS) is 17.9. The highest BCUT2D eigenvalue weighted by Crippen LogP contribution is 2.35. The predicted octanol–water partition coefficient (Wildman–Crippen LogP) is 4.37. The summed E-state index contributed by atoms with van der Waals surface area (Å²) in [4.78, 5) is 9.01. The Balaban J connectivity index is 1.61. The van der Waals surface area contributed by atoms with Gasteiger partial charge in [-0.2, -0.15) is 0 Å². The second-order valence-corrected chi connectivity index (χ2v) is 7.77. The maximum Gasteiger partial charge on any atom is 0.141 e. The molecule has 0 bridgehead atoms. The lowest BCUT2D eigenvalue weighted by Crippen LogP contribution is -2.30. The minimum Gasteiger partial charge on any atom is -0.383 e. The van der Waals surface area contributed by atoms with Crippen molar-refractivity contribution in [3.8, 4) is 0 Å².